The molecule has 122 valence electrons. The van der Waals surface area contributed by atoms with E-state index in [-0.39, 0.29) is 5.57 Å². The maximum atomic E-state index is 12.1. The molecule has 1 heterocycles. The fourth-order valence-corrected chi connectivity index (χ4v) is 2.23. The van der Waals surface area contributed by atoms with Crippen LogP contribution in [0.2, 0.25) is 0 Å². The molecule has 0 unspecified atom stereocenters. The van der Waals surface area contributed by atoms with Crippen molar-refractivity contribution < 1.29 is 18.7 Å². The minimum absolute atomic E-state index is 0.0878. The summed E-state index contributed by atoms with van der Waals surface area (Å²) in [5, 5.41) is 11.7. The van der Waals surface area contributed by atoms with E-state index in [1.54, 1.807) is 31.2 Å². The monoisotopic (exact) mass is 436 g/mol. The van der Waals surface area contributed by atoms with Crippen LogP contribution in [0.3, 0.4) is 0 Å². The van der Waals surface area contributed by atoms with Crippen LogP contribution < -0.4 is 5.32 Å². The van der Waals surface area contributed by atoms with E-state index in [2.05, 4.69) is 5.32 Å². The van der Waals surface area contributed by atoms with Gasteiger partial charge in [-0.15, -0.1) is 0 Å². The summed E-state index contributed by atoms with van der Waals surface area (Å²) in [5.74, 6) is -0.572. The largest absolute Gasteiger partial charge is 0.462 e. The zero-order valence-corrected chi connectivity index (χ0v) is 14.9. The predicted molar refractivity (Wildman–Crippen MR) is 96.0 cm³/mol. The number of furan rings is 1. The lowest BCUT2D eigenvalue weighted by Gasteiger charge is -2.05. The van der Waals surface area contributed by atoms with Crippen LogP contribution >= 0.6 is 22.6 Å². The maximum absolute atomic E-state index is 12.1. The minimum atomic E-state index is -0.562. The Balaban J connectivity index is 2.09. The van der Waals surface area contributed by atoms with Gasteiger partial charge in [-0.05, 0) is 65.9 Å². The molecule has 0 saturated carbocycles. The van der Waals surface area contributed by atoms with Crippen LogP contribution in [-0.2, 0) is 9.53 Å². The molecule has 0 spiro atoms. The van der Waals surface area contributed by atoms with Gasteiger partial charge in [-0.3, -0.25) is 4.79 Å². The molecule has 1 amide bonds. The number of nitrogens with one attached hydrogen (secondary N) is 1. The molecule has 1 aromatic carbocycles. The molecule has 0 aliphatic carbocycles. The molecule has 7 heteroatoms. The normalized spacial score (nSPS) is 10.8. The molecule has 1 aromatic heterocycles. The summed E-state index contributed by atoms with van der Waals surface area (Å²) in [6.45, 7) is 2.02. The van der Waals surface area contributed by atoms with Gasteiger partial charge >= 0.3 is 5.97 Å². The molecular weight excluding hydrogens is 423 g/mol. The summed E-state index contributed by atoms with van der Waals surface area (Å²) in [6, 6.07) is 11.4. The quantitative estimate of drug-likeness (QED) is 0.335. The van der Waals surface area contributed by atoms with E-state index >= 15 is 0 Å². The summed E-state index contributed by atoms with van der Waals surface area (Å²) in [5.41, 5.74) is 0.759. The third-order valence-electron chi connectivity index (χ3n) is 2.90. The van der Waals surface area contributed by atoms with E-state index < -0.39 is 11.9 Å². The smallest absolute Gasteiger partial charge is 0.338 e. The highest BCUT2D eigenvalue weighted by molar-refractivity contribution is 14.1. The van der Waals surface area contributed by atoms with E-state index in [0.717, 1.165) is 0 Å². The molecule has 0 saturated heterocycles. The SMILES string of the molecule is CCOC(=O)c1ccc(NC(=O)/C(C#N)=C/c2ccc(I)o2)cc1. The van der Waals surface area contributed by atoms with Crippen LogP contribution in [0.4, 0.5) is 5.69 Å². The fourth-order valence-electron chi connectivity index (χ4n) is 1.80. The highest BCUT2D eigenvalue weighted by Crippen LogP contribution is 2.15. The number of hydrogen-bond donors (Lipinski definition) is 1. The van der Waals surface area contributed by atoms with Gasteiger partial charge in [0.15, 0.2) is 3.77 Å². The lowest BCUT2D eigenvalue weighted by molar-refractivity contribution is -0.112. The molecule has 24 heavy (non-hydrogen) atoms. The van der Waals surface area contributed by atoms with Gasteiger partial charge in [0, 0.05) is 11.8 Å². The van der Waals surface area contributed by atoms with Crippen molar-refractivity contribution in [2.45, 2.75) is 6.92 Å². The van der Waals surface area contributed by atoms with Crippen molar-refractivity contribution in [3.8, 4) is 6.07 Å². The van der Waals surface area contributed by atoms with Gasteiger partial charge < -0.3 is 14.5 Å². The predicted octanol–water partition coefficient (Wildman–Crippen LogP) is 3.61. The molecule has 0 fully saturated rings. The minimum Gasteiger partial charge on any atom is -0.462 e. The van der Waals surface area contributed by atoms with Crippen LogP contribution in [0.1, 0.15) is 23.0 Å². The zero-order chi connectivity index (χ0) is 17.5. The fraction of sp³-hybridized carbons (Fsp3) is 0.118. The van der Waals surface area contributed by atoms with Gasteiger partial charge in [-0.1, -0.05) is 0 Å². The second kappa shape index (κ2) is 8.31. The lowest BCUT2D eigenvalue weighted by atomic mass is 10.2. The first-order valence-electron chi connectivity index (χ1n) is 6.99. The molecule has 1 N–H and O–H groups in total. The third kappa shape index (κ3) is 4.70. The molecule has 6 nitrogen and oxygen atoms in total. The number of halogens is 1. The molecular formula is C17H13IN2O4. The summed E-state index contributed by atoms with van der Waals surface area (Å²) in [7, 11) is 0. The third-order valence-corrected chi connectivity index (χ3v) is 3.48. The van der Waals surface area contributed by atoms with E-state index in [4.69, 9.17) is 14.4 Å². The average Bonchev–Trinajstić information content (AvgIpc) is 2.98. The topological polar surface area (TPSA) is 92.3 Å². The van der Waals surface area contributed by atoms with Crippen molar-refractivity contribution >= 4 is 46.2 Å². The van der Waals surface area contributed by atoms with Crippen LogP contribution in [0.25, 0.3) is 6.08 Å². The Morgan fingerprint density at radius 3 is 2.54 bits per heavy atom. The van der Waals surface area contributed by atoms with Crippen LogP contribution in [0.15, 0.2) is 46.4 Å². The molecule has 0 atom stereocenters. The molecule has 2 rings (SSSR count). The number of benzene rings is 1. The number of carbonyl (C=O) groups is 2. The number of hydrogen-bond acceptors (Lipinski definition) is 5. The Kier molecular flexibility index (Phi) is 6.14. The number of esters is 1. The molecule has 0 aliphatic rings. The number of anilines is 1. The van der Waals surface area contributed by atoms with Gasteiger partial charge in [0.25, 0.3) is 5.91 Å². The van der Waals surface area contributed by atoms with Gasteiger partial charge in [-0.25, -0.2) is 4.79 Å². The molecule has 0 bridgehead atoms. The molecule has 2 aromatic rings. The number of nitrogens with zero attached hydrogens (tertiary/aromatic N) is 1. The summed E-state index contributed by atoms with van der Waals surface area (Å²) >= 11 is 1.99. The van der Waals surface area contributed by atoms with Crippen molar-refractivity contribution in [1.29, 1.82) is 5.26 Å². The van der Waals surface area contributed by atoms with E-state index in [9.17, 15) is 9.59 Å². The zero-order valence-electron chi connectivity index (χ0n) is 12.7. The summed E-state index contributed by atoms with van der Waals surface area (Å²) in [6.07, 6.45) is 1.37. The van der Waals surface area contributed by atoms with Crippen molar-refractivity contribution in [1.82, 2.24) is 0 Å². The van der Waals surface area contributed by atoms with Crippen LogP contribution in [0, 0.1) is 15.1 Å². The summed E-state index contributed by atoms with van der Waals surface area (Å²) in [4.78, 5) is 23.7. The van der Waals surface area contributed by atoms with Crippen molar-refractivity contribution in [3.05, 3.63) is 57.1 Å². The van der Waals surface area contributed by atoms with E-state index in [1.165, 1.54) is 18.2 Å². The Morgan fingerprint density at radius 1 is 1.29 bits per heavy atom. The van der Waals surface area contributed by atoms with Crippen LogP contribution in [-0.4, -0.2) is 18.5 Å². The lowest BCUT2D eigenvalue weighted by Crippen LogP contribution is -2.13. The Bertz CT molecular complexity index is 816. The van der Waals surface area contributed by atoms with Gasteiger partial charge in [0.05, 0.1) is 12.2 Å². The second-order valence-corrected chi connectivity index (χ2v) is 5.63. The standard InChI is InChI=1S/C17H13IN2O4/c1-2-23-17(22)11-3-5-13(6-4-11)20-16(21)12(10-19)9-14-7-8-15(18)24-14/h3-9H,2H2,1H3,(H,20,21)/b12-9+. The number of ether oxygens (including phenoxy) is 1. The van der Waals surface area contributed by atoms with E-state index in [1.807, 2.05) is 28.7 Å². The van der Waals surface area contributed by atoms with Crippen molar-refractivity contribution in [3.63, 3.8) is 0 Å². The first-order valence-corrected chi connectivity index (χ1v) is 8.07. The molecule has 0 aliphatic heterocycles. The Morgan fingerprint density at radius 2 is 2.00 bits per heavy atom. The van der Waals surface area contributed by atoms with Gasteiger partial charge in [0.1, 0.15) is 17.4 Å². The van der Waals surface area contributed by atoms with E-state index in [0.29, 0.717) is 27.4 Å². The Labute approximate surface area is 152 Å². The average molecular weight is 436 g/mol. The van der Waals surface area contributed by atoms with Gasteiger partial charge in [0.2, 0.25) is 0 Å². The van der Waals surface area contributed by atoms with Crippen molar-refractivity contribution in [2.24, 2.45) is 0 Å². The Hall–Kier alpha value is -2.60. The number of rotatable bonds is 5. The molecule has 0 radical (unpaired) electrons. The highest BCUT2D eigenvalue weighted by Gasteiger charge is 2.12. The maximum Gasteiger partial charge on any atom is 0.338 e. The van der Waals surface area contributed by atoms with Crippen LogP contribution in [0.5, 0.6) is 0 Å². The van der Waals surface area contributed by atoms with Crippen molar-refractivity contribution in [2.75, 3.05) is 11.9 Å². The number of amides is 1. The first kappa shape index (κ1) is 17.7. The highest BCUT2D eigenvalue weighted by atomic mass is 127. The first-order chi connectivity index (χ1) is 11.5. The number of nitriles is 1. The summed E-state index contributed by atoms with van der Waals surface area (Å²) < 4.78 is 10.9. The number of carbonyl (C=O) groups excluding carboxylic acids is 2. The van der Waals surface area contributed by atoms with Gasteiger partial charge in [-0.2, -0.15) is 5.26 Å². The second-order valence-electron chi connectivity index (χ2n) is 4.56.